The van der Waals surface area contributed by atoms with Crippen LogP contribution in [0.5, 0.6) is 23.0 Å². The van der Waals surface area contributed by atoms with E-state index in [9.17, 15) is 30.0 Å². The second-order valence-corrected chi connectivity index (χ2v) is 6.66. The molecule has 0 aliphatic rings. The number of phenols is 4. The van der Waals surface area contributed by atoms with Crippen molar-refractivity contribution < 1.29 is 34.8 Å². The molecule has 0 bridgehead atoms. The Balaban J connectivity index is 2.13. The van der Waals surface area contributed by atoms with Crippen molar-refractivity contribution in [3.63, 3.8) is 0 Å². The van der Waals surface area contributed by atoms with Crippen molar-refractivity contribution in [3.8, 4) is 23.0 Å². The van der Waals surface area contributed by atoms with Gasteiger partial charge in [0.1, 0.15) is 6.04 Å². The Hall–Kier alpha value is -3.68. The fourth-order valence-corrected chi connectivity index (χ4v) is 2.48. The molecule has 2 rings (SSSR count). The number of ether oxygens (including phenoxy) is 1. The van der Waals surface area contributed by atoms with Gasteiger partial charge in [-0.15, -0.1) is 0 Å². The maximum absolute atomic E-state index is 12.4. The van der Waals surface area contributed by atoms with Crippen molar-refractivity contribution in [2.24, 2.45) is 0 Å². The molecule has 8 nitrogen and oxygen atoms in total. The van der Waals surface area contributed by atoms with E-state index >= 15 is 0 Å². The molecule has 2 aromatic carbocycles. The van der Waals surface area contributed by atoms with E-state index in [0.717, 1.165) is 0 Å². The largest absolute Gasteiger partial charge is 0.504 e. The standard InChI is InChI=1S/C21H23NO7/c1-12(2)29-21(28)15(9-14-4-7-17(24)19(26)11-14)22-20(27)8-5-13-3-6-16(23)18(25)10-13/h3-8,10-12,15,23-26H,9H2,1-2H3,(H,22,27)/b8-5+/t15-/m0/s1. The number of rotatable bonds is 7. The fraction of sp³-hybridized carbons (Fsp3) is 0.238. The van der Waals surface area contributed by atoms with Crippen LogP contribution < -0.4 is 5.32 Å². The summed E-state index contributed by atoms with van der Waals surface area (Å²) in [6.07, 6.45) is 2.24. The molecule has 1 atom stereocenters. The zero-order valence-corrected chi connectivity index (χ0v) is 16.0. The first-order valence-corrected chi connectivity index (χ1v) is 8.87. The molecule has 1 amide bonds. The molecular weight excluding hydrogens is 378 g/mol. The molecule has 0 radical (unpaired) electrons. The summed E-state index contributed by atoms with van der Waals surface area (Å²) in [4.78, 5) is 24.6. The predicted octanol–water partition coefficient (Wildman–Crippen LogP) is 2.20. The predicted molar refractivity (Wildman–Crippen MR) is 105 cm³/mol. The number of hydrogen-bond acceptors (Lipinski definition) is 7. The van der Waals surface area contributed by atoms with Gasteiger partial charge in [-0.1, -0.05) is 12.1 Å². The number of aromatic hydroxyl groups is 4. The molecule has 0 aromatic heterocycles. The Morgan fingerprint density at radius 1 is 0.966 bits per heavy atom. The summed E-state index contributed by atoms with van der Waals surface area (Å²) in [5.41, 5.74) is 0.985. The van der Waals surface area contributed by atoms with Crippen LogP contribution in [0.1, 0.15) is 25.0 Å². The third-order valence-electron chi connectivity index (χ3n) is 3.86. The van der Waals surface area contributed by atoms with E-state index in [0.29, 0.717) is 11.1 Å². The summed E-state index contributed by atoms with van der Waals surface area (Å²) in [5, 5.41) is 40.4. The van der Waals surface area contributed by atoms with Crippen molar-refractivity contribution >= 4 is 18.0 Å². The number of benzene rings is 2. The fourth-order valence-electron chi connectivity index (χ4n) is 2.48. The second kappa shape index (κ2) is 9.50. The molecule has 0 aliphatic carbocycles. The topological polar surface area (TPSA) is 136 Å². The van der Waals surface area contributed by atoms with Crippen LogP contribution >= 0.6 is 0 Å². The van der Waals surface area contributed by atoms with E-state index in [1.54, 1.807) is 13.8 Å². The zero-order chi connectivity index (χ0) is 21.6. The second-order valence-electron chi connectivity index (χ2n) is 6.66. The lowest BCUT2D eigenvalue weighted by molar-refractivity contribution is -0.151. The van der Waals surface area contributed by atoms with Crippen LogP contribution in [-0.4, -0.2) is 44.4 Å². The minimum absolute atomic E-state index is 0.0406. The molecule has 154 valence electrons. The third kappa shape index (κ3) is 6.46. The monoisotopic (exact) mass is 401 g/mol. The molecule has 0 aliphatic heterocycles. The molecule has 8 heteroatoms. The van der Waals surface area contributed by atoms with Gasteiger partial charge in [-0.2, -0.15) is 0 Å². The molecule has 5 N–H and O–H groups in total. The van der Waals surface area contributed by atoms with Crippen LogP contribution in [0.25, 0.3) is 6.08 Å². The van der Waals surface area contributed by atoms with Crippen molar-refractivity contribution in [1.29, 1.82) is 0 Å². The highest BCUT2D eigenvalue weighted by Crippen LogP contribution is 2.26. The highest BCUT2D eigenvalue weighted by atomic mass is 16.5. The Kier molecular flexibility index (Phi) is 7.08. The van der Waals surface area contributed by atoms with Gasteiger partial charge in [0.05, 0.1) is 6.10 Å². The van der Waals surface area contributed by atoms with Crippen LogP contribution in [-0.2, 0) is 20.7 Å². The summed E-state index contributed by atoms with van der Waals surface area (Å²) in [5.74, 6) is -2.45. The Morgan fingerprint density at radius 3 is 2.17 bits per heavy atom. The Labute approximate surface area is 167 Å². The van der Waals surface area contributed by atoms with Crippen LogP contribution in [0, 0.1) is 0 Å². The van der Waals surface area contributed by atoms with E-state index in [1.807, 2.05) is 0 Å². The van der Waals surface area contributed by atoms with Gasteiger partial charge in [0.25, 0.3) is 0 Å². The van der Waals surface area contributed by atoms with Gasteiger partial charge in [-0.05, 0) is 55.3 Å². The van der Waals surface area contributed by atoms with Crippen molar-refractivity contribution in [3.05, 3.63) is 53.6 Å². The number of phenolic OH excluding ortho intramolecular Hbond substituents is 4. The minimum atomic E-state index is -1.02. The number of carbonyl (C=O) groups is 2. The Morgan fingerprint density at radius 2 is 1.59 bits per heavy atom. The molecule has 0 fully saturated rings. The quantitative estimate of drug-likeness (QED) is 0.272. The van der Waals surface area contributed by atoms with Crippen molar-refractivity contribution in [2.45, 2.75) is 32.4 Å². The summed E-state index contributed by atoms with van der Waals surface area (Å²) in [6, 6.07) is 7.15. The summed E-state index contributed by atoms with van der Waals surface area (Å²) in [6.45, 7) is 3.36. The molecule has 0 heterocycles. The highest BCUT2D eigenvalue weighted by molar-refractivity contribution is 5.94. The van der Waals surface area contributed by atoms with Crippen LogP contribution in [0.15, 0.2) is 42.5 Å². The number of amides is 1. The molecule has 29 heavy (non-hydrogen) atoms. The van der Waals surface area contributed by atoms with Gasteiger partial charge in [0.2, 0.25) is 5.91 Å². The first-order valence-electron chi connectivity index (χ1n) is 8.87. The zero-order valence-electron chi connectivity index (χ0n) is 16.0. The lowest BCUT2D eigenvalue weighted by Gasteiger charge is -2.19. The molecule has 2 aromatic rings. The third-order valence-corrected chi connectivity index (χ3v) is 3.86. The normalized spacial score (nSPS) is 12.1. The molecule has 0 saturated carbocycles. The first-order chi connectivity index (χ1) is 13.7. The summed E-state index contributed by atoms with van der Waals surface area (Å²) in [7, 11) is 0. The Bertz CT molecular complexity index is 921. The summed E-state index contributed by atoms with van der Waals surface area (Å²) >= 11 is 0. The molecule has 0 unspecified atom stereocenters. The highest BCUT2D eigenvalue weighted by Gasteiger charge is 2.23. The number of carbonyl (C=O) groups excluding carboxylic acids is 2. The van der Waals surface area contributed by atoms with Gasteiger partial charge in [-0.25, -0.2) is 4.79 Å². The van der Waals surface area contributed by atoms with E-state index in [-0.39, 0.29) is 35.5 Å². The number of esters is 1. The molecular formula is C21H23NO7. The van der Waals surface area contributed by atoms with Gasteiger partial charge in [0.15, 0.2) is 23.0 Å². The van der Waals surface area contributed by atoms with Gasteiger partial charge in [-0.3, -0.25) is 4.79 Å². The number of hydrogen-bond donors (Lipinski definition) is 5. The van der Waals surface area contributed by atoms with E-state index in [2.05, 4.69) is 5.32 Å². The maximum atomic E-state index is 12.4. The average molecular weight is 401 g/mol. The first kappa shape index (κ1) is 21.6. The van der Waals surface area contributed by atoms with Crippen LogP contribution in [0.3, 0.4) is 0 Å². The number of nitrogens with one attached hydrogen (secondary N) is 1. The van der Waals surface area contributed by atoms with Crippen LogP contribution in [0.2, 0.25) is 0 Å². The van der Waals surface area contributed by atoms with E-state index in [4.69, 9.17) is 4.74 Å². The minimum Gasteiger partial charge on any atom is -0.504 e. The van der Waals surface area contributed by atoms with Gasteiger partial charge >= 0.3 is 5.97 Å². The van der Waals surface area contributed by atoms with Crippen molar-refractivity contribution in [1.82, 2.24) is 5.32 Å². The lowest BCUT2D eigenvalue weighted by Crippen LogP contribution is -2.43. The van der Waals surface area contributed by atoms with Gasteiger partial charge < -0.3 is 30.5 Å². The lowest BCUT2D eigenvalue weighted by atomic mass is 10.0. The van der Waals surface area contributed by atoms with Crippen LogP contribution in [0.4, 0.5) is 0 Å². The van der Waals surface area contributed by atoms with E-state index in [1.165, 1.54) is 48.6 Å². The summed E-state index contributed by atoms with van der Waals surface area (Å²) < 4.78 is 5.18. The SMILES string of the molecule is CC(C)OC(=O)[C@H](Cc1ccc(O)c(O)c1)NC(=O)/C=C/c1ccc(O)c(O)c1. The molecule has 0 spiro atoms. The van der Waals surface area contributed by atoms with Crippen molar-refractivity contribution in [2.75, 3.05) is 0 Å². The molecule has 0 saturated heterocycles. The van der Waals surface area contributed by atoms with E-state index < -0.39 is 17.9 Å². The average Bonchev–Trinajstić information content (AvgIpc) is 2.64. The van der Waals surface area contributed by atoms with Gasteiger partial charge in [0, 0.05) is 12.5 Å². The smallest absolute Gasteiger partial charge is 0.329 e. The maximum Gasteiger partial charge on any atom is 0.329 e.